The Morgan fingerprint density at radius 3 is 2.76 bits per heavy atom. The molecule has 1 aromatic heterocycles. The average Bonchev–Trinajstić information content (AvgIpc) is 2.29. The highest BCUT2D eigenvalue weighted by molar-refractivity contribution is 5.88. The van der Waals surface area contributed by atoms with Gasteiger partial charge in [0.15, 0.2) is 0 Å². The van der Waals surface area contributed by atoms with E-state index in [-0.39, 0.29) is 18.2 Å². The van der Waals surface area contributed by atoms with Crippen molar-refractivity contribution < 1.29 is 15.0 Å². The number of aromatic carboxylic acids is 1. The number of aliphatic hydroxyl groups is 1. The Morgan fingerprint density at radius 1 is 1.53 bits per heavy atom. The molecule has 2 N–H and O–H groups in total. The molecule has 0 amide bonds. The molecule has 0 aliphatic rings. The summed E-state index contributed by atoms with van der Waals surface area (Å²) >= 11 is 0. The fraction of sp³-hybridized carbons (Fsp3) is 0.500. The normalized spacial score (nSPS) is 10.6. The minimum absolute atomic E-state index is 0.113. The Bertz CT molecular complexity index is 380. The summed E-state index contributed by atoms with van der Waals surface area (Å²) in [6, 6.07) is 3.23. The number of aromatic nitrogens is 1. The molecule has 17 heavy (non-hydrogen) atoms. The second kappa shape index (κ2) is 6.20. The summed E-state index contributed by atoms with van der Waals surface area (Å²) in [5.74, 6) is -0.326. The maximum atomic E-state index is 10.9. The fourth-order valence-corrected chi connectivity index (χ4v) is 1.59. The quantitative estimate of drug-likeness (QED) is 0.783. The third-order valence-corrected chi connectivity index (χ3v) is 2.47. The lowest BCUT2D eigenvalue weighted by Gasteiger charge is -2.27. The van der Waals surface area contributed by atoms with Crippen LogP contribution >= 0.6 is 0 Å². The van der Waals surface area contributed by atoms with Gasteiger partial charge in [-0.1, -0.05) is 0 Å². The first-order valence-corrected chi connectivity index (χ1v) is 5.63. The third kappa shape index (κ3) is 3.71. The van der Waals surface area contributed by atoms with Crippen molar-refractivity contribution in [1.29, 1.82) is 0 Å². The van der Waals surface area contributed by atoms with Crippen LogP contribution in [-0.4, -0.2) is 40.4 Å². The first-order valence-electron chi connectivity index (χ1n) is 5.63. The van der Waals surface area contributed by atoms with Crippen LogP contribution in [0.1, 0.15) is 30.6 Å². The van der Waals surface area contributed by atoms with Crippen LogP contribution < -0.4 is 4.90 Å². The summed E-state index contributed by atoms with van der Waals surface area (Å²) in [6.45, 7) is 4.78. The molecule has 0 aromatic carbocycles. The molecular formula is C12H18N2O3. The van der Waals surface area contributed by atoms with Crippen molar-refractivity contribution in [2.24, 2.45) is 0 Å². The van der Waals surface area contributed by atoms with E-state index >= 15 is 0 Å². The van der Waals surface area contributed by atoms with Crippen molar-refractivity contribution in [3.8, 4) is 0 Å². The van der Waals surface area contributed by atoms with Gasteiger partial charge in [-0.25, -0.2) is 9.78 Å². The lowest BCUT2D eigenvalue weighted by Crippen LogP contribution is -2.33. The number of rotatable bonds is 6. The number of hydrogen-bond acceptors (Lipinski definition) is 4. The van der Waals surface area contributed by atoms with Gasteiger partial charge in [-0.05, 0) is 32.4 Å². The van der Waals surface area contributed by atoms with Crippen LogP contribution in [0.25, 0.3) is 0 Å². The van der Waals surface area contributed by atoms with Gasteiger partial charge in [0.1, 0.15) is 5.82 Å². The van der Waals surface area contributed by atoms with Crippen molar-refractivity contribution in [3.63, 3.8) is 0 Å². The zero-order valence-corrected chi connectivity index (χ0v) is 10.1. The van der Waals surface area contributed by atoms with Crippen molar-refractivity contribution in [3.05, 3.63) is 23.9 Å². The lowest BCUT2D eigenvalue weighted by molar-refractivity contribution is 0.0696. The first kappa shape index (κ1) is 13.4. The number of nitrogens with zero attached hydrogens (tertiary/aromatic N) is 2. The molecule has 0 spiro atoms. The van der Waals surface area contributed by atoms with E-state index < -0.39 is 5.97 Å². The van der Waals surface area contributed by atoms with Gasteiger partial charge in [0, 0.05) is 25.4 Å². The standard InChI is InChI=1S/C12H18N2O3/c1-9(2)14(6-3-7-15)11-8-10(12(16)17)4-5-13-11/h4-5,8-9,15H,3,6-7H2,1-2H3,(H,16,17). The predicted octanol–water partition coefficient (Wildman–Crippen LogP) is 1.38. The second-order valence-electron chi connectivity index (χ2n) is 4.07. The smallest absolute Gasteiger partial charge is 0.335 e. The Balaban J connectivity index is 2.93. The van der Waals surface area contributed by atoms with Gasteiger partial charge >= 0.3 is 5.97 Å². The number of carboxylic acid groups (broad SMARTS) is 1. The minimum atomic E-state index is -0.959. The molecule has 1 heterocycles. The molecule has 5 nitrogen and oxygen atoms in total. The summed E-state index contributed by atoms with van der Waals surface area (Å²) in [6.07, 6.45) is 2.13. The molecule has 0 radical (unpaired) electrons. The highest BCUT2D eigenvalue weighted by atomic mass is 16.4. The number of pyridine rings is 1. The van der Waals surface area contributed by atoms with E-state index in [2.05, 4.69) is 4.98 Å². The van der Waals surface area contributed by atoms with E-state index in [0.717, 1.165) is 0 Å². The zero-order chi connectivity index (χ0) is 12.8. The van der Waals surface area contributed by atoms with Crippen molar-refractivity contribution in [2.45, 2.75) is 26.3 Å². The Morgan fingerprint density at radius 2 is 2.24 bits per heavy atom. The highest BCUT2D eigenvalue weighted by Crippen LogP contribution is 2.16. The topological polar surface area (TPSA) is 73.7 Å². The fourth-order valence-electron chi connectivity index (χ4n) is 1.59. The molecule has 94 valence electrons. The number of anilines is 1. The number of carbonyl (C=O) groups is 1. The van der Waals surface area contributed by atoms with E-state index in [1.54, 1.807) is 6.07 Å². The van der Waals surface area contributed by atoms with Crippen LogP contribution in [0.15, 0.2) is 18.3 Å². The van der Waals surface area contributed by atoms with Gasteiger partial charge in [-0.3, -0.25) is 0 Å². The number of aliphatic hydroxyl groups excluding tert-OH is 1. The van der Waals surface area contributed by atoms with E-state index in [4.69, 9.17) is 10.2 Å². The molecular weight excluding hydrogens is 220 g/mol. The molecule has 0 atom stereocenters. The summed E-state index contributed by atoms with van der Waals surface area (Å²) in [7, 11) is 0. The van der Waals surface area contributed by atoms with E-state index in [9.17, 15) is 4.79 Å². The maximum Gasteiger partial charge on any atom is 0.335 e. The Hall–Kier alpha value is -1.62. The van der Waals surface area contributed by atoms with Crippen LogP contribution in [-0.2, 0) is 0 Å². The minimum Gasteiger partial charge on any atom is -0.478 e. The monoisotopic (exact) mass is 238 g/mol. The molecule has 1 rings (SSSR count). The van der Waals surface area contributed by atoms with Crippen molar-refractivity contribution >= 4 is 11.8 Å². The Labute approximate surface area is 101 Å². The van der Waals surface area contributed by atoms with Crippen LogP contribution in [0.3, 0.4) is 0 Å². The van der Waals surface area contributed by atoms with E-state index in [1.807, 2.05) is 18.7 Å². The van der Waals surface area contributed by atoms with Crippen molar-refractivity contribution in [2.75, 3.05) is 18.1 Å². The summed E-state index contributed by atoms with van der Waals surface area (Å²) in [4.78, 5) is 17.0. The van der Waals surface area contributed by atoms with Gasteiger partial charge in [0.2, 0.25) is 0 Å². The lowest BCUT2D eigenvalue weighted by atomic mass is 10.2. The molecule has 0 saturated heterocycles. The summed E-state index contributed by atoms with van der Waals surface area (Å²) in [5, 5.41) is 17.8. The SMILES string of the molecule is CC(C)N(CCCO)c1cc(C(=O)O)ccn1. The van der Waals surface area contributed by atoms with Gasteiger partial charge < -0.3 is 15.1 Å². The van der Waals surface area contributed by atoms with Crippen LogP contribution in [0.2, 0.25) is 0 Å². The Kier molecular flexibility index (Phi) is 4.90. The maximum absolute atomic E-state index is 10.9. The van der Waals surface area contributed by atoms with Gasteiger partial charge in [-0.2, -0.15) is 0 Å². The summed E-state index contributed by atoms with van der Waals surface area (Å²) < 4.78 is 0. The number of carboxylic acids is 1. The van der Waals surface area contributed by atoms with Crippen molar-refractivity contribution in [1.82, 2.24) is 4.98 Å². The molecule has 0 unspecified atom stereocenters. The van der Waals surface area contributed by atoms with E-state index in [0.29, 0.717) is 18.8 Å². The molecule has 5 heteroatoms. The third-order valence-electron chi connectivity index (χ3n) is 2.47. The van der Waals surface area contributed by atoms with Crippen LogP contribution in [0.5, 0.6) is 0 Å². The van der Waals surface area contributed by atoms with Gasteiger partial charge in [-0.15, -0.1) is 0 Å². The zero-order valence-electron chi connectivity index (χ0n) is 10.1. The summed E-state index contributed by atoms with van der Waals surface area (Å²) in [5.41, 5.74) is 0.227. The number of hydrogen-bond donors (Lipinski definition) is 2. The highest BCUT2D eigenvalue weighted by Gasteiger charge is 2.13. The molecule has 0 aliphatic heterocycles. The largest absolute Gasteiger partial charge is 0.478 e. The van der Waals surface area contributed by atoms with Gasteiger partial charge in [0.25, 0.3) is 0 Å². The molecule has 0 fully saturated rings. The molecule has 0 saturated carbocycles. The molecule has 0 bridgehead atoms. The molecule has 1 aromatic rings. The average molecular weight is 238 g/mol. The van der Waals surface area contributed by atoms with Gasteiger partial charge in [0.05, 0.1) is 5.56 Å². The van der Waals surface area contributed by atoms with E-state index in [1.165, 1.54) is 12.3 Å². The second-order valence-corrected chi connectivity index (χ2v) is 4.07. The van der Waals surface area contributed by atoms with Crippen LogP contribution in [0, 0.1) is 0 Å². The molecule has 0 aliphatic carbocycles. The first-order chi connectivity index (χ1) is 8.06. The van der Waals surface area contributed by atoms with Crippen LogP contribution in [0.4, 0.5) is 5.82 Å². The predicted molar refractivity (Wildman–Crippen MR) is 65.4 cm³/mol.